The summed E-state index contributed by atoms with van der Waals surface area (Å²) in [5, 5.41) is 3.18. The van der Waals surface area contributed by atoms with Gasteiger partial charge in [-0.3, -0.25) is 9.89 Å². The molecule has 3 N–H and O–H groups in total. The predicted molar refractivity (Wildman–Crippen MR) is 90.0 cm³/mol. The molecule has 1 aromatic heterocycles. The average molecular weight is 305 g/mol. The summed E-state index contributed by atoms with van der Waals surface area (Å²) in [6.07, 6.45) is 3.58. The Balaban J connectivity index is 1.65. The number of hydrogen-bond donors (Lipinski definition) is 2. The maximum Gasteiger partial charge on any atom is 0.225 e. The van der Waals surface area contributed by atoms with Crippen molar-refractivity contribution in [1.29, 1.82) is 0 Å². The molecule has 0 atom stereocenters. The summed E-state index contributed by atoms with van der Waals surface area (Å²) >= 11 is 0. The lowest BCUT2D eigenvalue weighted by Gasteiger charge is -2.34. The SMILES string of the molecule is CC(C)CN=C(N)NCCN1CCN(c2ncccn2)CC1. The maximum atomic E-state index is 5.83. The number of hydrogen-bond acceptors (Lipinski definition) is 5. The smallest absolute Gasteiger partial charge is 0.225 e. The molecule has 1 fully saturated rings. The topological polar surface area (TPSA) is 82.7 Å². The van der Waals surface area contributed by atoms with Gasteiger partial charge in [0.15, 0.2) is 5.96 Å². The molecule has 0 unspecified atom stereocenters. The van der Waals surface area contributed by atoms with Crippen LogP contribution in [-0.2, 0) is 0 Å². The van der Waals surface area contributed by atoms with Gasteiger partial charge in [0, 0.05) is 58.2 Å². The molecule has 1 saturated heterocycles. The summed E-state index contributed by atoms with van der Waals surface area (Å²) in [4.78, 5) is 17.5. The molecule has 22 heavy (non-hydrogen) atoms. The lowest BCUT2D eigenvalue weighted by Crippen LogP contribution is -2.49. The number of nitrogens with two attached hydrogens (primary N) is 1. The van der Waals surface area contributed by atoms with Crippen molar-refractivity contribution in [3.05, 3.63) is 18.5 Å². The molecule has 2 rings (SSSR count). The highest BCUT2D eigenvalue weighted by molar-refractivity contribution is 5.77. The Kier molecular flexibility index (Phi) is 6.39. The number of guanidine groups is 1. The van der Waals surface area contributed by atoms with E-state index in [0.717, 1.165) is 51.8 Å². The van der Waals surface area contributed by atoms with Crippen molar-refractivity contribution in [3.8, 4) is 0 Å². The quantitative estimate of drug-likeness (QED) is 0.575. The van der Waals surface area contributed by atoms with Gasteiger partial charge in [-0.15, -0.1) is 0 Å². The number of piperazine rings is 1. The molecular weight excluding hydrogens is 278 g/mol. The zero-order valence-electron chi connectivity index (χ0n) is 13.6. The Labute approximate surface area is 132 Å². The number of anilines is 1. The largest absolute Gasteiger partial charge is 0.370 e. The molecule has 0 aliphatic carbocycles. The first-order chi connectivity index (χ1) is 10.6. The fourth-order valence-corrected chi connectivity index (χ4v) is 2.30. The molecule has 0 amide bonds. The number of nitrogens with one attached hydrogen (secondary N) is 1. The van der Waals surface area contributed by atoms with Gasteiger partial charge in [0.25, 0.3) is 0 Å². The van der Waals surface area contributed by atoms with Gasteiger partial charge in [0.05, 0.1) is 0 Å². The van der Waals surface area contributed by atoms with Gasteiger partial charge < -0.3 is 16.0 Å². The molecule has 2 heterocycles. The van der Waals surface area contributed by atoms with E-state index < -0.39 is 0 Å². The molecule has 0 bridgehead atoms. The number of aromatic nitrogens is 2. The zero-order chi connectivity index (χ0) is 15.8. The van der Waals surface area contributed by atoms with Crippen LogP contribution in [0.3, 0.4) is 0 Å². The molecular formula is C15H27N7. The summed E-state index contributed by atoms with van der Waals surface area (Å²) in [7, 11) is 0. The van der Waals surface area contributed by atoms with E-state index in [1.54, 1.807) is 12.4 Å². The van der Waals surface area contributed by atoms with Crippen LogP contribution in [0, 0.1) is 5.92 Å². The predicted octanol–water partition coefficient (Wildman–Crippen LogP) is 0.159. The van der Waals surface area contributed by atoms with Crippen LogP contribution in [0.15, 0.2) is 23.5 Å². The summed E-state index contributed by atoms with van der Waals surface area (Å²) < 4.78 is 0. The second kappa shape index (κ2) is 8.53. The molecule has 7 nitrogen and oxygen atoms in total. The highest BCUT2D eigenvalue weighted by Crippen LogP contribution is 2.08. The van der Waals surface area contributed by atoms with E-state index in [9.17, 15) is 0 Å². The first-order valence-corrected chi connectivity index (χ1v) is 7.93. The van der Waals surface area contributed by atoms with Crippen molar-refractivity contribution in [2.24, 2.45) is 16.6 Å². The van der Waals surface area contributed by atoms with Crippen LogP contribution < -0.4 is 16.0 Å². The van der Waals surface area contributed by atoms with Crippen LogP contribution in [0.25, 0.3) is 0 Å². The van der Waals surface area contributed by atoms with Crippen LogP contribution in [0.4, 0.5) is 5.95 Å². The minimum atomic E-state index is 0.536. The molecule has 1 aromatic rings. The number of rotatable bonds is 6. The lowest BCUT2D eigenvalue weighted by atomic mass is 10.2. The summed E-state index contributed by atoms with van der Waals surface area (Å²) in [6, 6.07) is 1.84. The highest BCUT2D eigenvalue weighted by atomic mass is 15.3. The fourth-order valence-electron chi connectivity index (χ4n) is 2.30. The Morgan fingerprint density at radius 3 is 2.59 bits per heavy atom. The minimum Gasteiger partial charge on any atom is -0.370 e. The van der Waals surface area contributed by atoms with Crippen LogP contribution in [0.1, 0.15) is 13.8 Å². The zero-order valence-corrected chi connectivity index (χ0v) is 13.6. The van der Waals surface area contributed by atoms with E-state index in [0.29, 0.717) is 11.9 Å². The highest BCUT2D eigenvalue weighted by Gasteiger charge is 2.18. The van der Waals surface area contributed by atoms with Crippen LogP contribution >= 0.6 is 0 Å². The van der Waals surface area contributed by atoms with E-state index in [-0.39, 0.29) is 0 Å². The molecule has 122 valence electrons. The summed E-state index contributed by atoms with van der Waals surface area (Å²) in [5.74, 6) is 1.91. The Bertz CT molecular complexity index is 452. The van der Waals surface area contributed by atoms with Crippen LogP contribution in [0.5, 0.6) is 0 Å². The van der Waals surface area contributed by atoms with E-state index in [2.05, 4.69) is 43.9 Å². The minimum absolute atomic E-state index is 0.536. The van der Waals surface area contributed by atoms with E-state index in [1.165, 1.54) is 0 Å². The third-order valence-electron chi connectivity index (χ3n) is 3.57. The Morgan fingerprint density at radius 1 is 1.27 bits per heavy atom. The van der Waals surface area contributed by atoms with Crippen molar-refractivity contribution in [2.75, 3.05) is 50.7 Å². The Morgan fingerprint density at radius 2 is 1.95 bits per heavy atom. The van der Waals surface area contributed by atoms with Crippen LogP contribution in [-0.4, -0.2) is 66.6 Å². The average Bonchev–Trinajstić information content (AvgIpc) is 2.54. The monoisotopic (exact) mass is 305 g/mol. The van der Waals surface area contributed by atoms with E-state index in [1.807, 2.05) is 6.07 Å². The second-order valence-electron chi connectivity index (χ2n) is 5.92. The number of nitrogens with zero attached hydrogens (tertiary/aromatic N) is 5. The molecule has 1 aliphatic rings. The van der Waals surface area contributed by atoms with E-state index >= 15 is 0 Å². The standard InChI is InChI=1S/C15H27N7/c1-13(2)12-20-14(16)17-6-7-21-8-10-22(11-9-21)15-18-4-3-5-19-15/h3-5,13H,6-12H2,1-2H3,(H3,16,17,20). The third kappa shape index (κ3) is 5.48. The van der Waals surface area contributed by atoms with Crippen LogP contribution in [0.2, 0.25) is 0 Å². The summed E-state index contributed by atoms with van der Waals surface area (Å²) in [6.45, 7) is 10.8. The molecule has 7 heteroatoms. The van der Waals surface area contributed by atoms with Gasteiger partial charge in [-0.25, -0.2) is 9.97 Å². The van der Waals surface area contributed by atoms with Gasteiger partial charge in [0.2, 0.25) is 5.95 Å². The van der Waals surface area contributed by atoms with Crippen molar-refractivity contribution < 1.29 is 0 Å². The molecule has 0 saturated carbocycles. The van der Waals surface area contributed by atoms with Gasteiger partial charge in [-0.05, 0) is 12.0 Å². The van der Waals surface area contributed by atoms with Crippen molar-refractivity contribution in [2.45, 2.75) is 13.8 Å². The lowest BCUT2D eigenvalue weighted by molar-refractivity contribution is 0.260. The van der Waals surface area contributed by atoms with Gasteiger partial charge >= 0.3 is 0 Å². The molecule has 0 spiro atoms. The van der Waals surface area contributed by atoms with Gasteiger partial charge in [-0.1, -0.05) is 13.8 Å². The fraction of sp³-hybridized carbons (Fsp3) is 0.667. The van der Waals surface area contributed by atoms with Crippen molar-refractivity contribution >= 4 is 11.9 Å². The van der Waals surface area contributed by atoms with Gasteiger partial charge in [-0.2, -0.15) is 0 Å². The first-order valence-electron chi connectivity index (χ1n) is 7.93. The number of aliphatic imine (C=N–C) groups is 1. The molecule has 0 aromatic carbocycles. The van der Waals surface area contributed by atoms with Crippen molar-refractivity contribution in [3.63, 3.8) is 0 Å². The summed E-state index contributed by atoms with van der Waals surface area (Å²) in [5.41, 5.74) is 5.83. The molecule has 1 aliphatic heterocycles. The molecule has 0 radical (unpaired) electrons. The van der Waals surface area contributed by atoms with Gasteiger partial charge in [0.1, 0.15) is 0 Å². The Hall–Kier alpha value is -1.89. The van der Waals surface area contributed by atoms with Crippen molar-refractivity contribution in [1.82, 2.24) is 20.2 Å². The maximum absolute atomic E-state index is 5.83. The normalized spacial score (nSPS) is 17.0. The third-order valence-corrected chi connectivity index (χ3v) is 3.57. The van der Waals surface area contributed by atoms with E-state index in [4.69, 9.17) is 5.73 Å². The first kappa shape index (κ1) is 16.5. The second-order valence-corrected chi connectivity index (χ2v) is 5.92.